The Morgan fingerprint density at radius 1 is 1.33 bits per heavy atom. The first-order valence-electron chi connectivity index (χ1n) is 5.35. The molecule has 1 heterocycles. The topological polar surface area (TPSA) is 35.2 Å². The first-order chi connectivity index (χ1) is 7.24. The van der Waals surface area contributed by atoms with Crippen LogP contribution in [-0.2, 0) is 11.3 Å². The van der Waals surface area contributed by atoms with Gasteiger partial charge in [0.1, 0.15) is 0 Å². The lowest BCUT2D eigenvalue weighted by atomic mass is 9.94. The van der Waals surface area contributed by atoms with Gasteiger partial charge in [-0.1, -0.05) is 11.6 Å². The minimum Gasteiger partial charge on any atom is -0.373 e. The molecule has 0 aliphatic heterocycles. The monoisotopic (exact) mass is 245 g/mol. The molecule has 1 fully saturated rings. The van der Waals surface area contributed by atoms with Crippen molar-refractivity contribution in [3.8, 4) is 0 Å². The maximum atomic E-state index is 5.85. The highest BCUT2D eigenvalue weighted by molar-refractivity contribution is 7.16. The Labute approximate surface area is 99.4 Å². The molecule has 4 heteroatoms. The van der Waals surface area contributed by atoms with Crippen molar-refractivity contribution in [3.05, 3.63) is 21.3 Å². The van der Waals surface area contributed by atoms with Crippen LogP contribution in [0.4, 0.5) is 0 Å². The highest BCUT2D eigenvalue weighted by Crippen LogP contribution is 2.25. The third-order valence-electron chi connectivity index (χ3n) is 2.81. The number of hydrogen-bond donors (Lipinski definition) is 1. The van der Waals surface area contributed by atoms with Gasteiger partial charge in [-0.2, -0.15) is 0 Å². The first kappa shape index (κ1) is 11.4. The summed E-state index contributed by atoms with van der Waals surface area (Å²) in [5.74, 6) is 0. The van der Waals surface area contributed by atoms with Gasteiger partial charge >= 0.3 is 0 Å². The largest absolute Gasteiger partial charge is 0.373 e. The van der Waals surface area contributed by atoms with Crippen LogP contribution >= 0.6 is 22.9 Å². The van der Waals surface area contributed by atoms with Crippen molar-refractivity contribution in [3.63, 3.8) is 0 Å². The molecule has 0 spiro atoms. The number of halogens is 1. The van der Waals surface area contributed by atoms with Crippen LogP contribution < -0.4 is 5.73 Å². The predicted octanol–water partition coefficient (Wildman–Crippen LogP) is 3.19. The molecule has 1 aliphatic rings. The summed E-state index contributed by atoms with van der Waals surface area (Å²) in [4.78, 5) is 1.20. The Hall–Kier alpha value is -0.0900. The second-order valence-electron chi connectivity index (χ2n) is 4.05. The fraction of sp³-hybridized carbons (Fsp3) is 0.636. The highest BCUT2D eigenvalue weighted by Gasteiger charge is 2.18. The highest BCUT2D eigenvalue weighted by atomic mass is 35.5. The van der Waals surface area contributed by atoms with Crippen LogP contribution in [0.25, 0.3) is 0 Å². The molecule has 84 valence electrons. The van der Waals surface area contributed by atoms with Gasteiger partial charge in [0.2, 0.25) is 0 Å². The van der Waals surface area contributed by atoms with E-state index in [0.717, 1.165) is 30.0 Å². The van der Waals surface area contributed by atoms with Crippen LogP contribution in [0.5, 0.6) is 0 Å². The first-order valence-corrected chi connectivity index (χ1v) is 6.55. The van der Waals surface area contributed by atoms with Gasteiger partial charge in [-0.15, -0.1) is 11.3 Å². The molecule has 1 aromatic heterocycles. The molecule has 15 heavy (non-hydrogen) atoms. The van der Waals surface area contributed by atoms with Gasteiger partial charge in [-0.25, -0.2) is 0 Å². The van der Waals surface area contributed by atoms with Crippen molar-refractivity contribution in [2.24, 2.45) is 5.73 Å². The van der Waals surface area contributed by atoms with E-state index in [1.807, 2.05) is 12.1 Å². The fourth-order valence-corrected chi connectivity index (χ4v) is 2.89. The van der Waals surface area contributed by atoms with Crippen LogP contribution in [0.15, 0.2) is 12.1 Å². The number of rotatable bonds is 3. The van der Waals surface area contributed by atoms with Crippen molar-refractivity contribution in [1.82, 2.24) is 0 Å². The maximum absolute atomic E-state index is 5.85. The molecule has 2 rings (SSSR count). The van der Waals surface area contributed by atoms with Crippen molar-refractivity contribution in [2.45, 2.75) is 44.4 Å². The molecule has 2 nitrogen and oxygen atoms in total. The standard InChI is InChI=1S/C11H16ClNOS/c12-11-6-5-10(15-11)7-14-9-3-1-8(13)2-4-9/h5-6,8-9H,1-4,7,13H2. The lowest BCUT2D eigenvalue weighted by molar-refractivity contribution is 0.0151. The summed E-state index contributed by atoms with van der Waals surface area (Å²) in [6.45, 7) is 0.692. The Balaban J connectivity index is 1.74. The Morgan fingerprint density at radius 2 is 2.07 bits per heavy atom. The average Bonchev–Trinajstić information content (AvgIpc) is 2.64. The normalized spacial score (nSPS) is 26.8. The molecule has 0 aromatic carbocycles. The zero-order chi connectivity index (χ0) is 10.7. The van der Waals surface area contributed by atoms with Crippen LogP contribution in [-0.4, -0.2) is 12.1 Å². The second-order valence-corrected chi connectivity index (χ2v) is 5.85. The molecule has 2 N–H and O–H groups in total. The van der Waals surface area contributed by atoms with E-state index in [0.29, 0.717) is 18.8 Å². The number of hydrogen-bond acceptors (Lipinski definition) is 3. The van der Waals surface area contributed by atoms with Gasteiger partial charge in [0.05, 0.1) is 17.0 Å². The maximum Gasteiger partial charge on any atom is 0.0932 e. The van der Waals surface area contributed by atoms with E-state index in [9.17, 15) is 0 Å². The lowest BCUT2D eigenvalue weighted by Gasteiger charge is -2.25. The van der Waals surface area contributed by atoms with Crippen LogP contribution in [0.2, 0.25) is 4.34 Å². The quantitative estimate of drug-likeness (QED) is 0.888. The van der Waals surface area contributed by atoms with Crippen LogP contribution in [0.1, 0.15) is 30.6 Å². The molecule has 1 aliphatic carbocycles. The zero-order valence-electron chi connectivity index (χ0n) is 8.62. The summed E-state index contributed by atoms with van der Waals surface area (Å²) in [6.07, 6.45) is 4.78. The van der Waals surface area contributed by atoms with E-state index in [-0.39, 0.29) is 0 Å². The number of ether oxygens (including phenoxy) is 1. The zero-order valence-corrected chi connectivity index (χ0v) is 10.2. The number of nitrogens with two attached hydrogens (primary N) is 1. The Bertz CT molecular complexity index is 307. The van der Waals surface area contributed by atoms with E-state index < -0.39 is 0 Å². The molecule has 0 atom stereocenters. The molecule has 1 aromatic rings. The molecule has 0 saturated heterocycles. The molecule has 0 unspecified atom stereocenters. The summed E-state index contributed by atoms with van der Waals surface area (Å²) in [7, 11) is 0. The van der Waals surface area contributed by atoms with Gasteiger partial charge in [-0.3, -0.25) is 0 Å². The number of thiophene rings is 1. The van der Waals surface area contributed by atoms with Gasteiger partial charge in [0, 0.05) is 10.9 Å². The molecule has 0 amide bonds. The van der Waals surface area contributed by atoms with E-state index >= 15 is 0 Å². The average molecular weight is 246 g/mol. The van der Waals surface area contributed by atoms with Gasteiger partial charge < -0.3 is 10.5 Å². The molecule has 1 saturated carbocycles. The minimum atomic E-state index is 0.390. The summed E-state index contributed by atoms with van der Waals surface area (Å²) in [6, 6.07) is 4.34. The summed E-state index contributed by atoms with van der Waals surface area (Å²) in [5, 5.41) is 0. The molecule has 0 bridgehead atoms. The third-order valence-corrected chi connectivity index (χ3v) is 4.01. The smallest absolute Gasteiger partial charge is 0.0932 e. The summed E-state index contributed by atoms with van der Waals surface area (Å²) >= 11 is 7.44. The third kappa shape index (κ3) is 3.45. The van der Waals surface area contributed by atoms with Crippen molar-refractivity contribution in [2.75, 3.05) is 0 Å². The van der Waals surface area contributed by atoms with Crippen LogP contribution in [0, 0.1) is 0 Å². The minimum absolute atomic E-state index is 0.390. The van der Waals surface area contributed by atoms with E-state index in [4.69, 9.17) is 22.1 Å². The molecular formula is C11H16ClNOS. The van der Waals surface area contributed by atoms with Gasteiger partial charge in [0.15, 0.2) is 0 Å². The van der Waals surface area contributed by atoms with E-state index in [1.54, 1.807) is 11.3 Å². The summed E-state index contributed by atoms with van der Waals surface area (Å²) < 4.78 is 6.66. The summed E-state index contributed by atoms with van der Waals surface area (Å²) in [5.41, 5.74) is 5.84. The molecular weight excluding hydrogens is 230 g/mol. The van der Waals surface area contributed by atoms with Crippen molar-refractivity contribution >= 4 is 22.9 Å². The van der Waals surface area contributed by atoms with Gasteiger partial charge in [-0.05, 0) is 37.8 Å². The van der Waals surface area contributed by atoms with E-state index in [1.165, 1.54) is 4.88 Å². The Morgan fingerprint density at radius 3 is 2.67 bits per heavy atom. The lowest BCUT2D eigenvalue weighted by Crippen LogP contribution is -2.30. The van der Waals surface area contributed by atoms with Gasteiger partial charge in [0.25, 0.3) is 0 Å². The SMILES string of the molecule is NC1CCC(OCc2ccc(Cl)s2)CC1. The van der Waals surface area contributed by atoms with Crippen molar-refractivity contribution in [1.29, 1.82) is 0 Å². The second kappa shape index (κ2) is 5.30. The van der Waals surface area contributed by atoms with Crippen LogP contribution in [0.3, 0.4) is 0 Å². The van der Waals surface area contributed by atoms with E-state index in [2.05, 4.69) is 0 Å². The molecule has 0 radical (unpaired) electrons. The Kier molecular flexibility index (Phi) is 4.03. The predicted molar refractivity (Wildman–Crippen MR) is 64.3 cm³/mol. The van der Waals surface area contributed by atoms with Crippen molar-refractivity contribution < 1.29 is 4.74 Å². The fourth-order valence-electron chi connectivity index (χ4n) is 1.88.